The van der Waals surface area contributed by atoms with Gasteiger partial charge in [0, 0.05) is 6.54 Å². The molecule has 0 aliphatic carbocycles. The third-order valence-corrected chi connectivity index (χ3v) is 3.36. The number of likely N-dealkylation sites (tertiary alicyclic amines) is 1. The highest BCUT2D eigenvalue weighted by Crippen LogP contribution is 2.35. The number of carbonyl (C=O) groups is 2. The summed E-state index contributed by atoms with van der Waals surface area (Å²) in [5.41, 5.74) is 1.62. The maximum absolute atomic E-state index is 11.7. The zero-order chi connectivity index (χ0) is 13.9. The van der Waals surface area contributed by atoms with Gasteiger partial charge in [0.2, 0.25) is 0 Å². The largest absolute Gasteiger partial charge is 0.450 e. The molecule has 0 aromatic heterocycles. The number of amides is 2. The molecular weight excluding hydrogens is 256 g/mol. The number of hydroxylamine groups is 1. The molecule has 0 saturated carbocycles. The van der Waals surface area contributed by atoms with Crippen LogP contribution in [0.25, 0.3) is 0 Å². The number of nitrogens with zero attached hydrogens (tertiary/aromatic N) is 1. The van der Waals surface area contributed by atoms with Crippen LogP contribution in [0.4, 0.5) is 4.79 Å². The maximum atomic E-state index is 11.7. The van der Waals surface area contributed by atoms with Crippen molar-refractivity contribution in [1.29, 1.82) is 0 Å². The molecule has 2 heterocycles. The van der Waals surface area contributed by atoms with Crippen molar-refractivity contribution in [1.82, 2.24) is 10.4 Å². The van der Waals surface area contributed by atoms with Gasteiger partial charge >= 0.3 is 6.09 Å². The summed E-state index contributed by atoms with van der Waals surface area (Å²) in [5.74, 6) is -2.39. The first kappa shape index (κ1) is 14.0. The molecule has 2 fully saturated rings. The third kappa shape index (κ3) is 2.65. The van der Waals surface area contributed by atoms with E-state index in [4.69, 9.17) is 19.4 Å². The van der Waals surface area contributed by atoms with Crippen LogP contribution in [0.3, 0.4) is 0 Å². The lowest BCUT2D eigenvalue weighted by Gasteiger charge is -2.42. The second-order valence-corrected chi connectivity index (χ2v) is 4.45. The minimum Gasteiger partial charge on any atom is -0.450 e. The first-order valence-corrected chi connectivity index (χ1v) is 6.26. The minimum atomic E-state index is -1.18. The van der Waals surface area contributed by atoms with Crippen molar-refractivity contribution >= 4 is 12.0 Å². The molecule has 0 radical (unpaired) electrons. The van der Waals surface area contributed by atoms with Gasteiger partial charge in [-0.3, -0.25) is 10.0 Å². The van der Waals surface area contributed by atoms with Crippen LogP contribution >= 0.6 is 0 Å². The Morgan fingerprint density at radius 1 is 1.47 bits per heavy atom. The number of ether oxygens (including phenoxy) is 3. The van der Waals surface area contributed by atoms with Crippen molar-refractivity contribution in [2.24, 2.45) is 5.92 Å². The summed E-state index contributed by atoms with van der Waals surface area (Å²) < 4.78 is 16.0. The summed E-state index contributed by atoms with van der Waals surface area (Å²) in [4.78, 5) is 24.9. The van der Waals surface area contributed by atoms with E-state index in [0.29, 0.717) is 26.2 Å². The summed E-state index contributed by atoms with van der Waals surface area (Å²) in [6, 6.07) is 0. The van der Waals surface area contributed by atoms with Gasteiger partial charge < -0.3 is 19.1 Å². The molecule has 1 unspecified atom stereocenters. The number of rotatable bonds is 2. The van der Waals surface area contributed by atoms with Gasteiger partial charge in [0.15, 0.2) is 5.79 Å². The molecule has 2 amide bonds. The predicted octanol–water partition coefficient (Wildman–Crippen LogP) is -0.287. The van der Waals surface area contributed by atoms with Gasteiger partial charge in [-0.15, -0.1) is 0 Å². The Labute approximate surface area is 110 Å². The minimum absolute atomic E-state index is 0.115. The number of nitrogens with one attached hydrogen (secondary N) is 1. The van der Waals surface area contributed by atoms with Gasteiger partial charge in [-0.2, -0.15) is 0 Å². The smallest absolute Gasteiger partial charge is 0.409 e. The second kappa shape index (κ2) is 5.72. The number of carbonyl (C=O) groups excluding carboxylic acids is 2. The molecule has 108 valence electrons. The Hall–Kier alpha value is -1.38. The van der Waals surface area contributed by atoms with Crippen molar-refractivity contribution in [2.45, 2.75) is 19.1 Å². The Morgan fingerprint density at radius 3 is 2.74 bits per heavy atom. The van der Waals surface area contributed by atoms with E-state index in [9.17, 15) is 9.59 Å². The highest BCUT2D eigenvalue weighted by atomic mass is 16.7. The lowest BCUT2D eigenvalue weighted by Crippen LogP contribution is -2.59. The van der Waals surface area contributed by atoms with E-state index in [1.54, 1.807) is 12.4 Å². The fraction of sp³-hybridized carbons (Fsp3) is 0.818. The van der Waals surface area contributed by atoms with Crippen LogP contribution in [-0.2, 0) is 19.0 Å². The molecule has 19 heavy (non-hydrogen) atoms. The topological polar surface area (TPSA) is 97.3 Å². The summed E-state index contributed by atoms with van der Waals surface area (Å²) in [5, 5.41) is 8.77. The molecule has 8 nitrogen and oxygen atoms in total. The van der Waals surface area contributed by atoms with Crippen LogP contribution in [-0.4, -0.2) is 60.8 Å². The van der Waals surface area contributed by atoms with Gasteiger partial charge in [-0.05, 0) is 13.3 Å². The maximum Gasteiger partial charge on any atom is 0.409 e. The van der Waals surface area contributed by atoms with Crippen LogP contribution in [0.1, 0.15) is 13.3 Å². The highest BCUT2D eigenvalue weighted by molar-refractivity contribution is 5.79. The molecule has 1 spiro atoms. The summed E-state index contributed by atoms with van der Waals surface area (Å²) >= 11 is 0. The molecular formula is C11H18N2O6. The Balaban J connectivity index is 2.12. The normalized spacial score (nSPS) is 25.4. The van der Waals surface area contributed by atoms with Crippen molar-refractivity contribution in [3.8, 4) is 0 Å². The SMILES string of the molecule is CCOC(=O)N1CCC(C(=O)NO)C2(C1)OCCO2. The average molecular weight is 274 g/mol. The number of hydrogen-bond acceptors (Lipinski definition) is 6. The number of piperidine rings is 1. The van der Waals surface area contributed by atoms with Crippen LogP contribution in [0.5, 0.6) is 0 Å². The molecule has 2 aliphatic rings. The molecule has 0 aromatic rings. The Morgan fingerprint density at radius 2 is 2.16 bits per heavy atom. The zero-order valence-electron chi connectivity index (χ0n) is 10.8. The summed E-state index contributed by atoms with van der Waals surface area (Å²) in [7, 11) is 0. The van der Waals surface area contributed by atoms with Gasteiger partial charge in [-0.1, -0.05) is 0 Å². The Bertz CT molecular complexity index is 355. The molecule has 0 bridgehead atoms. The van der Waals surface area contributed by atoms with E-state index in [2.05, 4.69) is 0 Å². The summed E-state index contributed by atoms with van der Waals surface area (Å²) in [6.45, 7) is 3.18. The van der Waals surface area contributed by atoms with Gasteiger partial charge in [-0.25, -0.2) is 10.3 Å². The molecule has 0 aromatic carbocycles. The van der Waals surface area contributed by atoms with Crippen molar-refractivity contribution in [3.63, 3.8) is 0 Å². The van der Waals surface area contributed by atoms with E-state index in [-0.39, 0.29) is 13.2 Å². The first-order chi connectivity index (χ1) is 9.13. The average Bonchev–Trinajstić information content (AvgIpc) is 2.87. The second-order valence-electron chi connectivity index (χ2n) is 4.45. The molecule has 8 heteroatoms. The standard InChI is InChI=1S/C11H18N2O6/c1-2-17-10(15)13-4-3-8(9(14)12-16)11(7-13)18-5-6-19-11/h8,16H,2-7H2,1H3,(H,12,14). The van der Waals surface area contributed by atoms with Crippen LogP contribution in [0, 0.1) is 5.92 Å². The van der Waals surface area contributed by atoms with Gasteiger partial charge in [0.25, 0.3) is 5.91 Å². The molecule has 2 N–H and O–H groups in total. The van der Waals surface area contributed by atoms with E-state index in [1.165, 1.54) is 4.90 Å². The van der Waals surface area contributed by atoms with E-state index in [0.717, 1.165) is 0 Å². The first-order valence-electron chi connectivity index (χ1n) is 6.26. The van der Waals surface area contributed by atoms with E-state index in [1.807, 2.05) is 0 Å². The molecule has 2 rings (SSSR count). The zero-order valence-corrected chi connectivity index (χ0v) is 10.8. The third-order valence-electron chi connectivity index (χ3n) is 3.36. The molecule has 1 atom stereocenters. The van der Waals surface area contributed by atoms with Gasteiger partial charge in [0.1, 0.15) is 0 Å². The summed E-state index contributed by atoms with van der Waals surface area (Å²) in [6.07, 6.45) is -0.116. The number of hydrogen-bond donors (Lipinski definition) is 2. The highest BCUT2D eigenvalue weighted by Gasteiger charge is 2.52. The fourth-order valence-electron chi connectivity index (χ4n) is 2.50. The lowest BCUT2D eigenvalue weighted by molar-refractivity contribution is -0.221. The van der Waals surface area contributed by atoms with Crippen LogP contribution in [0.15, 0.2) is 0 Å². The fourth-order valence-corrected chi connectivity index (χ4v) is 2.50. The van der Waals surface area contributed by atoms with E-state index < -0.39 is 23.7 Å². The van der Waals surface area contributed by atoms with Crippen molar-refractivity contribution in [2.75, 3.05) is 32.9 Å². The van der Waals surface area contributed by atoms with Gasteiger partial charge in [0.05, 0.1) is 32.3 Å². The van der Waals surface area contributed by atoms with Crippen molar-refractivity contribution in [3.05, 3.63) is 0 Å². The quantitative estimate of drug-likeness (QED) is 0.530. The molecule has 2 aliphatic heterocycles. The van der Waals surface area contributed by atoms with Crippen LogP contribution < -0.4 is 5.48 Å². The molecule has 2 saturated heterocycles. The Kier molecular flexibility index (Phi) is 4.23. The van der Waals surface area contributed by atoms with Crippen LogP contribution in [0.2, 0.25) is 0 Å². The lowest BCUT2D eigenvalue weighted by atomic mass is 9.89. The predicted molar refractivity (Wildman–Crippen MR) is 61.3 cm³/mol. The van der Waals surface area contributed by atoms with E-state index >= 15 is 0 Å². The monoisotopic (exact) mass is 274 g/mol. The van der Waals surface area contributed by atoms with Crippen molar-refractivity contribution < 1.29 is 29.0 Å².